The molecule has 2 aliphatic rings. The first-order valence-electron chi connectivity index (χ1n) is 10.3. The Morgan fingerprint density at radius 1 is 1.17 bits per heavy atom. The van der Waals surface area contributed by atoms with Crippen molar-refractivity contribution in [2.45, 2.75) is 38.6 Å². The maximum absolute atomic E-state index is 12.6. The van der Waals surface area contributed by atoms with Crippen LogP contribution in [0.15, 0.2) is 34.0 Å². The fourth-order valence-electron chi connectivity index (χ4n) is 4.51. The normalized spacial score (nSPS) is 17.1. The maximum atomic E-state index is 12.6. The van der Waals surface area contributed by atoms with Gasteiger partial charge in [-0.3, -0.25) is 14.2 Å². The third-order valence-electron chi connectivity index (χ3n) is 6.18. The van der Waals surface area contributed by atoms with Crippen molar-refractivity contribution in [1.29, 1.82) is 0 Å². The van der Waals surface area contributed by atoms with Crippen molar-refractivity contribution in [3.63, 3.8) is 0 Å². The molecule has 0 aromatic carbocycles. The van der Waals surface area contributed by atoms with Crippen molar-refractivity contribution >= 4 is 17.0 Å². The van der Waals surface area contributed by atoms with Crippen LogP contribution in [-0.2, 0) is 26.4 Å². The first kappa shape index (κ1) is 18.0. The van der Waals surface area contributed by atoms with E-state index in [1.54, 1.807) is 40.7 Å². The van der Waals surface area contributed by atoms with E-state index in [1.807, 2.05) is 0 Å². The van der Waals surface area contributed by atoms with Crippen molar-refractivity contribution in [1.82, 2.24) is 24.3 Å². The number of nitrogens with zero attached hydrogens (tertiary/aromatic N) is 6. The fourth-order valence-corrected chi connectivity index (χ4v) is 4.51. The summed E-state index contributed by atoms with van der Waals surface area (Å²) < 4.78 is 3.26. The summed E-state index contributed by atoms with van der Waals surface area (Å²) in [5.74, 6) is 1.05. The number of rotatable bonds is 3. The highest BCUT2D eigenvalue weighted by molar-refractivity contribution is 5.74. The summed E-state index contributed by atoms with van der Waals surface area (Å²) in [6, 6.07) is 5.28. The Kier molecular flexibility index (Phi) is 4.41. The van der Waals surface area contributed by atoms with Gasteiger partial charge in [0.05, 0.1) is 11.1 Å². The number of hydrogen-bond acceptors (Lipinski definition) is 6. The molecule has 1 saturated heterocycles. The zero-order valence-corrected chi connectivity index (χ0v) is 16.5. The summed E-state index contributed by atoms with van der Waals surface area (Å²) in [4.78, 5) is 36.0. The van der Waals surface area contributed by atoms with Crippen LogP contribution in [0.4, 0.5) is 5.95 Å². The van der Waals surface area contributed by atoms with Crippen LogP contribution in [-0.4, -0.2) is 37.4 Å². The molecule has 1 aliphatic carbocycles. The van der Waals surface area contributed by atoms with Crippen molar-refractivity contribution in [3.05, 3.63) is 56.4 Å². The van der Waals surface area contributed by atoms with Crippen LogP contribution in [0.5, 0.6) is 0 Å². The summed E-state index contributed by atoms with van der Waals surface area (Å²) >= 11 is 0. The van der Waals surface area contributed by atoms with Crippen LogP contribution in [0.2, 0.25) is 0 Å². The quantitative estimate of drug-likeness (QED) is 0.668. The zero-order valence-electron chi connectivity index (χ0n) is 16.5. The van der Waals surface area contributed by atoms with E-state index in [1.165, 1.54) is 0 Å². The average Bonchev–Trinajstić information content (AvgIpc) is 3.19. The Morgan fingerprint density at radius 2 is 2.00 bits per heavy atom. The first-order chi connectivity index (χ1) is 14.1. The minimum Gasteiger partial charge on any atom is -0.342 e. The number of fused-ring (bicyclic) bond motifs is 2. The summed E-state index contributed by atoms with van der Waals surface area (Å²) in [5, 5.41) is 5.15. The smallest absolute Gasteiger partial charge is 0.267 e. The number of hydrogen-bond donors (Lipinski definition) is 0. The third-order valence-corrected chi connectivity index (χ3v) is 6.18. The molecule has 0 amide bonds. The third kappa shape index (κ3) is 3.22. The molecule has 5 rings (SSSR count). The van der Waals surface area contributed by atoms with Crippen LogP contribution < -0.4 is 16.0 Å². The molecule has 3 aromatic rings. The topological polar surface area (TPSA) is 85.9 Å². The van der Waals surface area contributed by atoms with Crippen LogP contribution in [0.3, 0.4) is 0 Å². The number of aromatic nitrogens is 5. The van der Waals surface area contributed by atoms with Crippen molar-refractivity contribution in [2.75, 3.05) is 18.0 Å². The van der Waals surface area contributed by atoms with E-state index in [2.05, 4.69) is 20.0 Å². The highest BCUT2D eigenvalue weighted by Gasteiger charge is 2.24. The minimum absolute atomic E-state index is 0.0118. The molecule has 1 fully saturated rings. The minimum atomic E-state index is -0.0749. The highest BCUT2D eigenvalue weighted by Crippen LogP contribution is 2.23. The van der Waals surface area contributed by atoms with E-state index in [0.717, 1.165) is 56.5 Å². The highest BCUT2D eigenvalue weighted by atomic mass is 16.1. The summed E-state index contributed by atoms with van der Waals surface area (Å²) in [7, 11) is 1.76. The molecule has 0 N–H and O–H groups in total. The molecule has 1 aliphatic heterocycles. The predicted octanol–water partition coefficient (Wildman–Crippen LogP) is 1.29. The van der Waals surface area contributed by atoms with Gasteiger partial charge in [-0.05, 0) is 55.7 Å². The zero-order chi connectivity index (χ0) is 20.0. The number of pyridine rings is 1. The number of anilines is 1. The lowest BCUT2D eigenvalue weighted by molar-refractivity contribution is 0.331. The number of piperidine rings is 1. The Labute approximate surface area is 167 Å². The van der Waals surface area contributed by atoms with Crippen molar-refractivity contribution < 1.29 is 0 Å². The Morgan fingerprint density at radius 3 is 2.83 bits per heavy atom. The maximum Gasteiger partial charge on any atom is 0.267 e. The monoisotopic (exact) mass is 392 g/mol. The van der Waals surface area contributed by atoms with Gasteiger partial charge in [0, 0.05) is 38.9 Å². The average molecular weight is 392 g/mol. The van der Waals surface area contributed by atoms with Crippen LogP contribution in [0, 0.1) is 5.92 Å². The molecule has 29 heavy (non-hydrogen) atoms. The second-order valence-corrected chi connectivity index (χ2v) is 8.07. The standard InChI is InChI=1S/C21H24N6O2/c1-25-20(29)16-5-3-9-22-19(16)23-21(25)26-10-7-14(8-11-26)13-27-18(28)12-15-4-2-6-17(15)24-27/h3,5,9,12,14H,2,4,6-8,10-11,13H2,1H3. The lowest BCUT2D eigenvalue weighted by Gasteiger charge is -2.33. The Hall–Kier alpha value is -3.03. The Bertz CT molecular complexity index is 1190. The van der Waals surface area contributed by atoms with Gasteiger partial charge in [-0.2, -0.15) is 10.1 Å². The summed E-state index contributed by atoms with van der Waals surface area (Å²) in [6.45, 7) is 2.25. The van der Waals surface area contributed by atoms with Gasteiger partial charge in [0.25, 0.3) is 11.1 Å². The van der Waals surface area contributed by atoms with Gasteiger partial charge < -0.3 is 4.90 Å². The van der Waals surface area contributed by atoms with Crippen molar-refractivity contribution in [2.24, 2.45) is 13.0 Å². The van der Waals surface area contributed by atoms with Gasteiger partial charge in [-0.15, -0.1) is 0 Å². The lowest BCUT2D eigenvalue weighted by atomic mass is 9.97. The van der Waals surface area contributed by atoms with Gasteiger partial charge >= 0.3 is 0 Å². The summed E-state index contributed by atoms with van der Waals surface area (Å²) in [5.41, 5.74) is 2.64. The molecule has 0 unspecified atom stereocenters. The van der Waals surface area contributed by atoms with Crippen LogP contribution in [0.25, 0.3) is 11.0 Å². The molecular weight excluding hydrogens is 368 g/mol. The molecular formula is C21H24N6O2. The fraction of sp³-hybridized carbons (Fsp3) is 0.476. The second-order valence-electron chi connectivity index (χ2n) is 8.07. The molecule has 8 nitrogen and oxygen atoms in total. The van der Waals surface area contributed by atoms with E-state index < -0.39 is 0 Å². The molecule has 0 radical (unpaired) electrons. The molecule has 0 atom stereocenters. The van der Waals surface area contributed by atoms with E-state index in [4.69, 9.17) is 0 Å². The largest absolute Gasteiger partial charge is 0.342 e. The molecule has 4 heterocycles. The van der Waals surface area contributed by atoms with E-state index in [9.17, 15) is 9.59 Å². The predicted molar refractivity (Wildman–Crippen MR) is 110 cm³/mol. The summed E-state index contributed by atoms with van der Waals surface area (Å²) in [6.07, 6.45) is 6.57. The molecule has 150 valence electrons. The second kappa shape index (κ2) is 7.09. The first-order valence-corrected chi connectivity index (χ1v) is 10.3. The molecule has 0 spiro atoms. The van der Waals surface area contributed by atoms with Gasteiger partial charge in [-0.1, -0.05) is 0 Å². The van der Waals surface area contributed by atoms with E-state index in [0.29, 0.717) is 29.4 Å². The van der Waals surface area contributed by atoms with Gasteiger partial charge in [0.1, 0.15) is 0 Å². The van der Waals surface area contributed by atoms with Crippen LogP contribution >= 0.6 is 0 Å². The molecule has 8 heteroatoms. The van der Waals surface area contributed by atoms with Gasteiger partial charge in [-0.25, -0.2) is 9.67 Å². The van der Waals surface area contributed by atoms with Gasteiger partial charge in [0.2, 0.25) is 5.95 Å². The van der Waals surface area contributed by atoms with Gasteiger partial charge in [0.15, 0.2) is 5.65 Å². The SMILES string of the molecule is Cn1c(N2CCC(Cn3nc4c(cc3=O)CCC4)CC2)nc2ncccc2c1=O. The molecule has 3 aromatic heterocycles. The number of aryl methyl sites for hydroxylation is 2. The van der Waals surface area contributed by atoms with E-state index >= 15 is 0 Å². The Balaban J connectivity index is 1.32. The van der Waals surface area contributed by atoms with Crippen LogP contribution in [0.1, 0.15) is 30.5 Å². The van der Waals surface area contributed by atoms with E-state index in [-0.39, 0.29) is 11.1 Å². The molecule has 0 bridgehead atoms. The molecule has 0 saturated carbocycles. The lowest BCUT2D eigenvalue weighted by Crippen LogP contribution is -2.40. The van der Waals surface area contributed by atoms with Crippen molar-refractivity contribution in [3.8, 4) is 0 Å².